The second-order valence-electron chi connectivity index (χ2n) is 10.2. The van der Waals surface area contributed by atoms with Crippen LogP contribution in [0.2, 0.25) is 5.02 Å². The van der Waals surface area contributed by atoms with Crippen molar-refractivity contribution >= 4 is 28.9 Å². The molecule has 1 amide bonds. The van der Waals surface area contributed by atoms with Gasteiger partial charge in [-0.2, -0.15) is 26.3 Å². The quantitative estimate of drug-likeness (QED) is 0.206. The van der Waals surface area contributed by atoms with Crippen LogP contribution in [0.1, 0.15) is 58.8 Å². The Morgan fingerprint density at radius 1 is 1.07 bits per heavy atom. The minimum absolute atomic E-state index is 0.0155. The molecule has 0 unspecified atom stereocenters. The molecule has 0 atom stereocenters. The molecule has 1 aromatic heterocycles. The Balaban J connectivity index is 1.72. The number of rotatable bonds is 7. The second-order valence-corrected chi connectivity index (χ2v) is 10.6. The van der Waals surface area contributed by atoms with Gasteiger partial charge in [-0.3, -0.25) is 9.78 Å². The maximum absolute atomic E-state index is 14.8. The van der Waals surface area contributed by atoms with Crippen molar-refractivity contribution in [2.45, 2.75) is 50.9 Å². The van der Waals surface area contributed by atoms with E-state index in [1.165, 1.54) is 30.3 Å². The Morgan fingerprint density at radius 3 is 2.38 bits per heavy atom. The van der Waals surface area contributed by atoms with Crippen LogP contribution in [0.4, 0.5) is 42.1 Å². The van der Waals surface area contributed by atoms with Crippen LogP contribution >= 0.6 is 11.6 Å². The zero-order chi connectivity index (χ0) is 30.8. The fourth-order valence-corrected chi connectivity index (χ4v) is 5.54. The number of carbonyl (C=O) groups excluding carboxylic acids is 1. The largest absolute Gasteiger partial charge is 0.433 e. The summed E-state index contributed by atoms with van der Waals surface area (Å²) in [5.74, 6) is -3.09. The Hall–Kier alpha value is -3.60. The number of aromatic nitrogens is 1. The topological polar surface area (TPSA) is 54.0 Å². The van der Waals surface area contributed by atoms with Gasteiger partial charge in [-0.1, -0.05) is 17.7 Å². The summed E-state index contributed by atoms with van der Waals surface area (Å²) >= 11 is 6.52. The first-order valence-corrected chi connectivity index (χ1v) is 13.5. The number of amides is 1. The Kier molecular flexibility index (Phi) is 9.20. The van der Waals surface area contributed by atoms with Crippen molar-refractivity contribution in [2.75, 3.05) is 17.2 Å². The molecule has 0 saturated heterocycles. The number of hydrogen-bond acceptors (Lipinski definition) is 3. The molecule has 1 aliphatic rings. The van der Waals surface area contributed by atoms with Crippen LogP contribution in [0, 0.1) is 18.7 Å². The number of aryl methyl sites for hydroxylation is 1. The van der Waals surface area contributed by atoms with E-state index in [1.54, 1.807) is 13.0 Å². The fourth-order valence-electron chi connectivity index (χ4n) is 5.29. The number of nitrogens with one attached hydrogen (secondary N) is 2. The van der Waals surface area contributed by atoms with Crippen LogP contribution < -0.4 is 10.6 Å². The smallest absolute Gasteiger partial charge is 0.381 e. The van der Waals surface area contributed by atoms with Crippen LogP contribution in [-0.2, 0) is 6.18 Å². The molecule has 3 aromatic rings. The molecule has 0 spiro atoms. The predicted octanol–water partition coefficient (Wildman–Crippen LogP) is 9.55. The van der Waals surface area contributed by atoms with Crippen LogP contribution in [0.25, 0.3) is 11.1 Å². The van der Waals surface area contributed by atoms with Gasteiger partial charge < -0.3 is 10.6 Å². The number of pyridine rings is 1. The molecule has 0 radical (unpaired) electrons. The molecular weight excluding hydrogens is 587 g/mol. The highest BCUT2D eigenvalue weighted by atomic mass is 35.5. The van der Waals surface area contributed by atoms with Gasteiger partial charge in [-0.25, -0.2) is 4.39 Å². The number of nitrogens with zero attached hydrogens (tertiary/aromatic N) is 1. The number of carbonyl (C=O) groups is 1. The molecule has 0 aliphatic heterocycles. The van der Waals surface area contributed by atoms with Gasteiger partial charge >= 0.3 is 12.4 Å². The van der Waals surface area contributed by atoms with Crippen molar-refractivity contribution in [1.29, 1.82) is 0 Å². The van der Waals surface area contributed by atoms with E-state index in [9.17, 15) is 35.5 Å². The maximum atomic E-state index is 14.8. The first kappa shape index (κ1) is 31.3. The molecule has 1 saturated carbocycles. The van der Waals surface area contributed by atoms with E-state index in [4.69, 9.17) is 11.6 Å². The van der Waals surface area contributed by atoms with Crippen LogP contribution in [0.5, 0.6) is 0 Å². The number of alkyl halides is 6. The van der Waals surface area contributed by atoms with Crippen molar-refractivity contribution in [3.63, 3.8) is 0 Å². The molecule has 1 heterocycles. The number of benzene rings is 2. The van der Waals surface area contributed by atoms with Gasteiger partial charge in [0.05, 0.1) is 16.5 Å². The molecule has 1 aliphatic carbocycles. The van der Waals surface area contributed by atoms with E-state index in [-0.39, 0.29) is 54.4 Å². The third-order valence-electron chi connectivity index (χ3n) is 7.34. The summed E-state index contributed by atoms with van der Waals surface area (Å²) in [5.41, 5.74) is 1.19. The second kappa shape index (κ2) is 12.3. The SMILES string of the molecule is C=CCNc1cc(F)cc(C2CCC(C(F)(F)F)CC2)c1-c1cc(Cl)c(C(=O)Nc2ccnc(C(F)(F)F)c2)cc1C. The molecule has 4 nitrogen and oxygen atoms in total. The van der Waals surface area contributed by atoms with Crippen molar-refractivity contribution < 1.29 is 35.5 Å². The average Bonchev–Trinajstić information content (AvgIpc) is 2.92. The van der Waals surface area contributed by atoms with Gasteiger partial charge in [-0.15, -0.1) is 6.58 Å². The van der Waals surface area contributed by atoms with Gasteiger partial charge in [0, 0.05) is 29.7 Å². The molecule has 0 bridgehead atoms. The lowest BCUT2D eigenvalue weighted by molar-refractivity contribution is -0.182. The molecule has 2 N–H and O–H groups in total. The normalized spacial score (nSPS) is 17.5. The number of anilines is 2. The molecular formula is C30H27ClF7N3O. The molecule has 42 heavy (non-hydrogen) atoms. The summed E-state index contributed by atoms with van der Waals surface area (Å²) < 4.78 is 93.9. The Bertz CT molecular complexity index is 1480. The summed E-state index contributed by atoms with van der Waals surface area (Å²) in [6.07, 6.45) is -6.25. The molecule has 1 fully saturated rings. The molecule has 12 heteroatoms. The summed E-state index contributed by atoms with van der Waals surface area (Å²) in [4.78, 5) is 16.3. The van der Waals surface area contributed by atoms with Gasteiger partial charge in [0.25, 0.3) is 5.91 Å². The van der Waals surface area contributed by atoms with Crippen LogP contribution in [0.15, 0.2) is 55.3 Å². The molecule has 224 valence electrons. The van der Waals surface area contributed by atoms with Crippen LogP contribution in [0.3, 0.4) is 0 Å². The Morgan fingerprint density at radius 2 is 1.76 bits per heavy atom. The Labute approximate surface area is 243 Å². The van der Waals surface area contributed by atoms with Crippen molar-refractivity contribution in [2.24, 2.45) is 5.92 Å². The average molecular weight is 614 g/mol. The lowest BCUT2D eigenvalue weighted by Gasteiger charge is -2.32. The third-order valence-corrected chi connectivity index (χ3v) is 7.65. The molecule has 2 aromatic carbocycles. The highest BCUT2D eigenvalue weighted by molar-refractivity contribution is 6.34. The lowest BCUT2D eigenvalue weighted by atomic mass is 9.75. The highest BCUT2D eigenvalue weighted by Crippen LogP contribution is 2.47. The predicted molar refractivity (Wildman–Crippen MR) is 148 cm³/mol. The van der Waals surface area contributed by atoms with Gasteiger partial charge in [0.1, 0.15) is 11.5 Å². The zero-order valence-electron chi connectivity index (χ0n) is 22.4. The summed E-state index contributed by atoms with van der Waals surface area (Å²) in [5, 5.41) is 5.46. The number of halogens is 8. The zero-order valence-corrected chi connectivity index (χ0v) is 23.2. The summed E-state index contributed by atoms with van der Waals surface area (Å²) in [6.45, 7) is 5.62. The van der Waals surface area contributed by atoms with E-state index in [0.29, 0.717) is 34.0 Å². The fraction of sp³-hybridized carbons (Fsp3) is 0.333. The lowest BCUT2D eigenvalue weighted by Crippen LogP contribution is -2.27. The summed E-state index contributed by atoms with van der Waals surface area (Å²) in [6, 6.07) is 7.46. The van der Waals surface area contributed by atoms with E-state index in [1.807, 2.05) is 0 Å². The van der Waals surface area contributed by atoms with E-state index >= 15 is 0 Å². The monoisotopic (exact) mass is 613 g/mol. The van der Waals surface area contributed by atoms with Gasteiger partial charge in [0.15, 0.2) is 0 Å². The highest BCUT2D eigenvalue weighted by Gasteiger charge is 2.42. The first-order valence-electron chi connectivity index (χ1n) is 13.1. The van der Waals surface area contributed by atoms with Crippen molar-refractivity contribution in [3.8, 4) is 11.1 Å². The van der Waals surface area contributed by atoms with Crippen molar-refractivity contribution in [3.05, 3.63) is 88.5 Å². The minimum atomic E-state index is -4.70. The summed E-state index contributed by atoms with van der Waals surface area (Å²) in [7, 11) is 0. The number of hydrogen-bond donors (Lipinski definition) is 2. The maximum Gasteiger partial charge on any atom is 0.433 e. The van der Waals surface area contributed by atoms with Gasteiger partial charge in [0.2, 0.25) is 0 Å². The van der Waals surface area contributed by atoms with Gasteiger partial charge in [-0.05, 0) is 91.6 Å². The molecule has 4 rings (SSSR count). The standard InChI is InChI=1S/C30H27ClF7N3O/c1-3-9-39-25-13-19(32)12-22(17-4-6-18(7-5-17)29(33,34)35)27(25)21-15-24(31)23(11-16(21)2)28(42)41-20-8-10-40-26(14-20)30(36,37)38/h3,8,10-15,17-18,39H,1,4-7,9H2,2H3,(H,40,41,42). The van der Waals surface area contributed by atoms with E-state index in [2.05, 4.69) is 22.2 Å². The first-order chi connectivity index (χ1) is 19.7. The third kappa shape index (κ3) is 7.06. The van der Waals surface area contributed by atoms with Crippen LogP contribution in [-0.4, -0.2) is 23.6 Å². The minimum Gasteiger partial charge on any atom is -0.381 e. The van der Waals surface area contributed by atoms with Crippen molar-refractivity contribution in [1.82, 2.24) is 4.98 Å². The van der Waals surface area contributed by atoms with E-state index in [0.717, 1.165) is 6.20 Å². The van der Waals surface area contributed by atoms with E-state index < -0.39 is 35.7 Å².